The van der Waals surface area contributed by atoms with Crippen LogP contribution in [-0.2, 0) is 17.9 Å². The first kappa shape index (κ1) is 23.7. The van der Waals surface area contributed by atoms with Gasteiger partial charge in [0.05, 0.1) is 30.7 Å². The molecule has 2 aromatic carbocycles. The molecule has 32 heavy (non-hydrogen) atoms. The Morgan fingerprint density at radius 1 is 1.16 bits per heavy atom. The van der Waals surface area contributed by atoms with E-state index in [0.29, 0.717) is 45.5 Å². The van der Waals surface area contributed by atoms with Crippen molar-refractivity contribution in [1.82, 2.24) is 14.8 Å². The maximum absolute atomic E-state index is 13.0. The van der Waals surface area contributed by atoms with Gasteiger partial charge in [-0.3, -0.25) is 4.79 Å². The van der Waals surface area contributed by atoms with E-state index in [4.69, 9.17) is 25.8 Å². The van der Waals surface area contributed by atoms with E-state index in [-0.39, 0.29) is 24.1 Å². The van der Waals surface area contributed by atoms with Gasteiger partial charge in [0, 0.05) is 18.7 Å². The van der Waals surface area contributed by atoms with E-state index in [1.807, 2.05) is 11.5 Å². The molecule has 0 saturated carbocycles. The third kappa shape index (κ3) is 5.83. The molecule has 170 valence electrons. The summed E-state index contributed by atoms with van der Waals surface area (Å²) in [6, 6.07) is 8.91. The van der Waals surface area contributed by atoms with Gasteiger partial charge >= 0.3 is 0 Å². The van der Waals surface area contributed by atoms with Crippen molar-refractivity contribution in [3.8, 4) is 17.2 Å². The SMILES string of the molecule is CCn1c(COc2ccc(F)cc2)nnc1SCC(=O)Nc1cc(OC)c(Cl)cc1OC. The van der Waals surface area contributed by atoms with E-state index in [1.54, 1.807) is 24.3 Å². The summed E-state index contributed by atoms with van der Waals surface area (Å²) in [5, 5.41) is 12.1. The predicted octanol–water partition coefficient (Wildman–Crippen LogP) is 4.42. The minimum Gasteiger partial charge on any atom is -0.495 e. The van der Waals surface area contributed by atoms with Crippen molar-refractivity contribution in [1.29, 1.82) is 0 Å². The summed E-state index contributed by atoms with van der Waals surface area (Å²) >= 11 is 7.34. The van der Waals surface area contributed by atoms with Gasteiger partial charge in [0.2, 0.25) is 5.91 Å². The lowest BCUT2D eigenvalue weighted by Gasteiger charge is -2.13. The van der Waals surface area contributed by atoms with Crippen LogP contribution in [0.1, 0.15) is 12.7 Å². The van der Waals surface area contributed by atoms with Gasteiger partial charge in [-0.15, -0.1) is 10.2 Å². The highest BCUT2D eigenvalue weighted by atomic mass is 35.5. The summed E-state index contributed by atoms with van der Waals surface area (Å²) in [5.41, 5.74) is 0.449. The quantitative estimate of drug-likeness (QED) is 0.430. The lowest BCUT2D eigenvalue weighted by atomic mass is 10.2. The van der Waals surface area contributed by atoms with E-state index in [0.717, 1.165) is 0 Å². The molecule has 0 aliphatic heterocycles. The molecule has 0 aliphatic rings. The van der Waals surface area contributed by atoms with Crippen LogP contribution in [0, 0.1) is 5.82 Å². The summed E-state index contributed by atoms with van der Waals surface area (Å²) in [6.45, 7) is 2.71. The van der Waals surface area contributed by atoms with Crippen molar-refractivity contribution >= 4 is 35.0 Å². The number of amides is 1. The van der Waals surface area contributed by atoms with Crippen LogP contribution in [0.4, 0.5) is 10.1 Å². The number of anilines is 1. The van der Waals surface area contributed by atoms with Gasteiger partial charge < -0.3 is 24.1 Å². The number of carbonyl (C=O) groups is 1. The summed E-state index contributed by atoms with van der Waals surface area (Å²) in [6.07, 6.45) is 0. The zero-order valence-corrected chi connectivity index (χ0v) is 19.3. The Morgan fingerprint density at radius 2 is 1.88 bits per heavy atom. The fourth-order valence-corrected chi connectivity index (χ4v) is 3.86. The second-order valence-corrected chi connectivity index (χ2v) is 7.76. The van der Waals surface area contributed by atoms with Crippen LogP contribution in [0.5, 0.6) is 17.2 Å². The molecule has 0 spiro atoms. The van der Waals surface area contributed by atoms with Crippen LogP contribution in [0.25, 0.3) is 0 Å². The highest BCUT2D eigenvalue weighted by Crippen LogP contribution is 2.36. The van der Waals surface area contributed by atoms with Crippen LogP contribution >= 0.6 is 23.4 Å². The van der Waals surface area contributed by atoms with Crippen LogP contribution in [0.15, 0.2) is 41.6 Å². The number of rotatable bonds is 10. The monoisotopic (exact) mass is 480 g/mol. The van der Waals surface area contributed by atoms with E-state index in [1.165, 1.54) is 38.1 Å². The van der Waals surface area contributed by atoms with Gasteiger partial charge in [0.1, 0.15) is 29.7 Å². The zero-order valence-electron chi connectivity index (χ0n) is 17.7. The number of hydrogen-bond acceptors (Lipinski definition) is 7. The Bertz CT molecular complexity index is 1080. The molecule has 1 aromatic heterocycles. The third-order valence-corrected chi connectivity index (χ3v) is 5.63. The lowest BCUT2D eigenvalue weighted by molar-refractivity contribution is -0.113. The van der Waals surface area contributed by atoms with Gasteiger partial charge in [-0.25, -0.2) is 4.39 Å². The number of aromatic nitrogens is 3. The molecule has 0 saturated heterocycles. The summed E-state index contributed by atoms with van der Waals surface area (Å²) < 4.78 is 31.0. The molecule has 0 bridgehead atoms. The number of thioether (sulfide) groups is 1. The summed E-state index contributed by atoms with van der Waals surface area (Å²) in [7, 11) is 2.98. The molecule has 3 aromatic rings. The maximum Gasteiger partial charge on any atom is 0.234 e. The smallest absolute Gasteiger partial charge is 0.234 e. The standard InChI is InChI=1S/C21H22ClFN4O4S/c1-4-27-19(11-31-14-7-5-13(23)6-8-14)25-26-21(27)32-12-20(28)24-16-10-17(29-2)15(22)9-18(16)30-3/h5-10H,4,11-12H2,1-3H3,(H,24,28). The first-order valence-electron chi connectivity index (χ1n) is 9.59. The van der Waals surface area contributed by atoms with E-state index in [2.05, 4.69) is 15.5 Å². The number of benzene rings is 2. The van der Waals surface area contributed by atoms with E-state index < -0.39 is 0 Å². The highest BCUT2D eigenvalue weighted by Gasteiger charge is 2.16. The fraction of sp³-hybridized carbons (Fsp3) is 0.286. The van der Waals surface area contributed by atoms with Crippen molar-refractivity contribution in [3.63, 3.8) is 0 Å². The van der Waals surface area contributed by atoms with Crippen molar-refractivity contribution in [2.24, 2.45) is 0 Å². The first-order chi connectivity index (χ1) is 15.4. The normalized spacial score (nSPS) is 10.7. The van der Waals surface area contributed by atoms with Gasteiger partial charge in [-0.1, -0.05) is 23.4 Å². The molecule has 0 radical (unpaired) electrons. The largest absolute Gasteiger partial charge is 0.495 e. The van der Waals surface area contributed by atoms with Crippen LogP contribution in [-0.4, -0.2) is 40.6 Å². The Hall–Kier alpha value is -2.98. The Balaban J connectivity index is 1.62. The van der Waals surface area contributed by atoms with E-state index in [9.17, 15) is 9.18 Å². The number of halogens is 2. The zero-order chi connectivity index (χ0) is 23.1. The summed E-state index contributed by atoms with van der Waals surface area (Å²) in [4.78, 5) is 12.5. The lowest BCUT2D eigenvalue weighted by Crippen LogP contribution is -2.15. The van der Waals surface area contributed by atoms with Crippen LogP contribution in [0.3, 0.4) is 0 Å². The molecule has 1 heterocycles. The molecule has 11 heteroatoms. The van der Waals surface area contributed by atoms with Crippen LogP contribution in [0.2, 0.25) is 5.02 Å². The molecule has 8 nitrogen and oxygen atoms in total. The Kier molecular flexibility index (Phi) is 8.18. The van der Waals surface area contributed by atoms with Crippen LogP contribution < -0.4 is 19.5 Å². The average Bonchev–Trinajstić information content (AvgIpc) is 3.19. The highest BCUT2D eigenvalue weighted by molar-refractivity contribution is 7.99. The minimum absolute atomic E-state index is 0.102. The Morgan fingerprint density at radius 3 is 2.53 bits per heavy atom. The molecule has 1 amide bonds. The number of methoxy groups -OCH3 is 2. The number of ether oxygens (including phenoxy) is 3. The molecule has 0 fully saturated rings. The minimum atomic E-state index is -0.333. The fourth-order valence-electron chi connectivity index (χ4n) is 2.80. The second kappa shape index (κ2) is 11.1. The first-order valence-corrected chi connectivity index (χ1v) is 11.0. The molecule has 0 aliphatic carbocycles. The van der Waals surface area contributed by atoms with Crippen molar-refractivity contribution in [3.05, 3.63) is 53.1 Å². The van der Waals surface area contributed by atoms with Gasteiger partial charge in [-0.05, 0) is 31.2 Å². The second-order valence-electron chi connectivity index (χ2n) is 6.41. The molecular weight excluding hydrogens is 459 g/mol. The molecular formula is C21H22ClFN4O4S. The van der Waals surface area contributed by atoms with E-state index >= 15 is 0 Å². The molecule has 0 atom stereocenters. The predicted molar refractivity (Wildman–Crippen MR) is 120 cm³/mol. The number of carbonyl (C=O) groups excluding carboxylic acids is 1. The average molecular weight is 481 g/mol. The van der Waals surface area contributed by atoms with Gasteiger partial charge in [-0.2, -0.15) is 0 Å². The van der Waals surface area contributed by atoms with Gasteiger partial charge in [0.25, 0.3) is 0 Å². The third-order valence-electron chi connectivity index (χ3n) is 4.37. The molecule has 3 rings (SSSR count). The maximum atomic E-state index is 13.0. The Labute approximate surface area is 194 Å². The summed E-state index contributed by atoms with van der Waals surface area (Å²) in [5.74, 6) is 1.48. The van der Waals surface area contributed by atoms with Crippen molar-refractivity contribution in [2.45, 2.75) is 25.2 Å². The number of nitrogens with zero attached hydrogens (tertiary/aromatic N) is 3. The number of nitrogens with one attached hydrogen (secondary N) is 1. The van der Waals surface area contributed by atoms with Crippen molar-refractivity contribution < 1.29 is 23.4 Å². The van der Waals surface area contributed by atoms with Gasteiger partial charge in [0.15, 0.2) is 11.0 Å². The topological polar surface area (TPSA) is 87.5 Å². The van der Waals surface area contributed by atoms with Crippen molar-refractivity contribution in [2.75, 3.05) is 25.3 Å². The molecule has 1 N–H and O–H groups in total. The number of hydrogen-bond donors (Lipinski definition) is 1. The molecule has 0 unspecified atom stereocenters.